The van der Waals surface area contributed by atoms with Crippen LogP contribution >= 0.6 is 23.2 Å². The number of fused-ring (bicyclic) bond motifs is 1. The van der Waals surface area contributed by atoms with Crippen LogP contribution in [-0.2, 0) is 21.5 Å². The first kappa shape index (κ1) is 20.7. The summed E-state index contributed by atoms with van der Waals surface area (Å²) in [4.78, 5) is 41.7. The van der Waals surface area contributed by atoms with Crippen molar-refractivity contribution in [3.8, 4) is 0 Å². The summed E-state index contributed by atoms with van der Waals surface area (Å²) in [6.45, 7) is 3.20. The zero-order chi connectivity index (χ0) is 21.6. The lowest BCUT2D eigenvalue weighted by molar-refractivity contribution is -0.134. The lowest BCUT2D eigenvalue weighted by atomic mass is 9.92. The highest BCUT2D eigenvalue weighted by Crippen LogP contribution is 2.36. The molecule has 30 heavy (non-hydrogen) atoms. The van der Waals surface area contributed by atoms with E-state index in [1.807, 2.05) is 31.2 Å². The Morgan fingerprint density at radius 2 is 1.93 bits per heavy atom. The van der Waals surface area contributed by atoms with Gasteiger partial charge in [0.05, 0.1) is 0 Å². The van der Waals surface area contributed by atoms with Crippen LogP contribution in [-0.4, -0.2) is 35.3 Å². The molecule has 4 rings (SSSR count). The van der Waals surface area contributed by atoms with E-state index in [9.17, 15) is 14.4 Å². The smallest absolute Gasteiger partial charge is 0.319 e. The topological polar surface area (TPSA) is 69.7 Å². The van der Waals surface area contributed by atoms with Crippen molar-refractivity contribution >= 4 is 46.7 Å². The summed E-state index contributed by atoms with van der Waals surface area (Å²) in [7, 11) is 0. The molecule has 2 aliphatic rings. The van der Waals surface area contributed by atoms with E-state index in [1.54, 1.807) is 24.0 Å². The number of anilines is 1. The van der Waals surface area contributed by atoms with Crippen molar-refractivity contribution in [1.82, 2.24) is 10.2 Å². The summed E-state index contributed by atoms with van der Waals surface area (Å²) < 4.78 is 0. The minimum atomic E-state index is -1.37. The van der Waals surface area contributed by atoms with Crippen molar-refractivity contribution in [2.24, 2.45) is 0 Å². The van der Waals surface area contributed by atoms with E-state index in [0.717, 1.165) is 29.0 Å². The van der Waals surface area contributed by atoms with E-state index >= 15 is 0 Å². The fraction of sp³-hybridized carbons (Fsp3) is 0.318. The molecular formula is C22H21Cl2N3O3. The molecule has 2 aliphatic heterocycles. The van der Waals surface area contributed by atoms with Crippen LogP contribution in [0.1, 0.15) is 31.4 Å². The zero-order valence-corrected chi connectivity index (χ0v) is 18.1. The summed E-state index contributed by atoms with van der Waals surface area (Å²) in [5, 5.41) is 3.38. The molecular weight excluding hydrogens is 425 g/mol. The van der Waals surface area contributed by atoms with Crippen molar-refractivity contribution in [2.75, 3.05) is 11.4 Å². The van der Waals surface area contributed by atoms with Crippen LogP contribution in [0.15, 0.2) is 42.5 Å². The number of imide groups is 1. The van der Waals surface area contributed by atoms with Gasteiger partial charge in [-0.25, -0.2) is 4.79 Å². The van der Waals surface area contributed by atoms with Gasteiger partial charge in [-0.1, -0.05) is 47.5 Å². The molecule has 2 atom stereocenters. The average molecular weight is 446 g/mol. The molecule has 0 aliphatic carbocycles. The standard InChI is InChI=1S/C22H21Cl2N3O3/c1-13-7-8-14-5-3-4-6-18(14)27(13)19(28)12-26-20(29)22(2,25-21(26)30)16-10-9-15(23)11-17(16)24/h3-6,9-11,13H,7-8,12H2,1-2H3,(H,25,30). The van der Waals surface area contributed by atoms with Crippen molar-refractivity contribution in [3.05, 3.63) is 63.6 Å². The molecule has 0 radical (unpaired) electrons. The predicted molar refractivity (Wildman–Crippen MR) is 116 cm³/mol. The number of rotatable bonds is 3. The number of amides is 4. The van der Waals surface area contributed by atoms with Crippen LogP contribution in [0.2, 0.25) is 10.0 Å². The molecule has 2 unspecified atom stereocenters. The molecule has 156 valence electrons. The molecule has 0 aromatic heterocycles. The third-order valence-corrected chi connectivity index (χ3v) is 6.38. The summed E-state index contributed by atoms with van der Waals surface area (Å²) >= 11 is 12.2. The molecule has 1 saturated heterocycles. The first-order chi connectivity index (χ1) is 14.2. The first-order valence-electron chi connectivity index (χ1n) is 9.72. The lowest BCUT2D eigenvalue weighted by Crippen LogP contribution is -2.49. The van der Waals surface area contributed by atoms with Crippen LogP contribution < -0.4 is 10.2 Å². The van der Waals surface area contributed by atoms with Crippen LogP contribution in [0.4, 0.5) is 10.5 Å². The van der Waals surface area contributed by atoms with Crippen LogP contribution in [0.5, 0.6) is 0 Å². The van der Waals surface area contributed by atoms with Crippen molar-refractivity contribution in [2.45, 2.75) is 38.3 Å². The number of urea groups is 1. The second kappa shape index (κ2) is 7.60. The molecule has 0 bridgehead atoms. The number of para-hydroxylation sites is 1. The highest BCUT2D eigenvalue weighted by atomic mass is 35.5. The second-order valence-corrected chi connectivity index (χ2v) is 8.69. The Balaban J connectivity index is 1.61. The molecule has 4 amide bonds. The Bertz CT molecular complexity index is 1060. The summed E-state index contributed by atoms with van der Waals surface area (Å²) in [5.74, 6) is -0.826. The number of carbonyl (C=O) groups is 3. The molecule has 2 heterocycles. The third kappa shape index (κ3) is 3.34. The number of nitrogens with one attached hydrogen (secondary N) is 1. The predicted octanol–water partition coefficient (Wildman–Crippen LogP) is 4.13. The summed E-state index contributed by atoms with van der Waals surface area (Å²) in [5.41, 5.74) is 0.971. The van der Waals surface area contributed by atoms with E-state index in [4.69, 9.17) is 23.2 Å². The maximum Gasteiger partial charge on any atom is 0.325 e. The number of hydrogen-bond donors (Lipinski definition) is 1. The van der Waals surface area contributed by atoms with Gasteiger partial charge in [-0.15, -0.1) is 0 Å². The Kier molecular flexibility index (Phi) is 5.24. The van der Waals surface area contributed by atoms with Gasteiger partial charge in [-0.2, -0.15) is 0 Å². The number of hydrogen-bond acceptors (Lipinski definition) is 3. The van der Waals surface area contributed by atoms with Gasteiger partial charge >= 0.3 is 6.03 Å². The van der Waals surface area contributed by atoms with E-state index in [1.165, 1.54) is 6.07 Å². The lowest BCUT2D eigenvalue weighted by Gasteiger charge is -2.36. The van der Waals surface area contributed by atoms with Crippen LogP contribution in [0.25, 0.3) is 0 Å². The minimum Gasteiger partial charge on any atom is -0.319 e. The highest BCUT2D eigenvalue weighted by Gasteiger charge is 2.51. The SMILES string of the molecule is CC1CCc2ccccc2N1C(=O)CN1C(=O)NC(C)(c2ccc(Cl)cc2Cl)C1=O. The number of carbonyl (C=O) groups excluding carboxylic acids is 3. The number of benzene rings is 2. The van der Waals surface area contributed by atoms with Crippen molar-refractivity contribution in [3.63, 3.8) is 0 Å². The molecule has 0 saturated carbocycles. The minimum absolute atomic E-state index is 0.0229. The summed E-state index contributed by atoms with van der Waals surface area (Å²) in [6, 6.07) is 11.8. The zero-order valence-electron chi connectivity index (χ0n) is 16.6. The van der Waals surface area contributed by atoms with Crippen LogP contribution in [0, 0.1) is 0 Å². The van der Waals surface area contributed by atoms with E-state index in [2.05, 4.69) is 5.32 Å². The summed E-state index contributed by atoms with van der Waals surface area (Å²) in [6.07, 6.45) is 1.71. The van der Waals surface area contributed by atoms with Crippen molar-refractivity contribution < 1.29 is 14.4 Å². The molecule has 2 aromatic carbocycles. The monoisotopic (exact) mass is 445 g/mol. The fourth-order valence-corrected chi connectivity index (χ4v) is 4.80. The maximum atomic E-state index is 13.2. The van der Waals surface area contributed by atoms with Gasteiger partial charge in [-0.05, 0) is 50.5 Å². The fourth-order valence-electron chi connectivity index (χ4n) is 4.20. The Hall–Kier alpha value is -2.57. The highest BCUT2D eigenvalue weighted by molar-refractivity contribution is 6.35. The maximum absolute atomic E-state index is 13.2. The number of aryl methyl sites for hydroxylation is 1. The van der Waals surface area contributed by atoms with Gasteiger partial charge in [0.25, 0.3) is 5.91 Å². The van der Waals surface area contributed by atoms with Gasteiger partial charge in [-0.3, -0.25) is 14.5 Å². The second-order valence-electron chi connectivity index (χ2n) is 7.85. The normalized spacial score (nSPS) is 23.4. The Labute approximate surface area is 184 Å². The van der Waals surface area contributed by atoms with Gasteiger partial charge < -0.3 is 10.2 Å². The quantitative estimate of drug-likeness (QED) is 0.721. The Morgan fingerprint density at radius 3 is 2.67 bits per heavy atom. The molecule has 1 N–H and O–H groups in total. The van der Waals surface area contributed by atoms with E-state index in [0.29, 0.717) is 10.6 Å². The van der Waals surface area contributed by atoms with E-state index in [-0.39, 0.29) is 23.5 Å². The number of halogens is 2. The van der Waals surface area contributed by atoms with Gasteiger partial charge in [0.2, 0.25) is 5.91 Å². The Morgan fingerprint density at radius 1 is 1.20 bits per heavy atom. The number of nitrogens with zero attached hydrogens (tertiary/aromatic N) is 2. The molecule has 0 spiro atoms. The molecule has 8 heteroatoms. The van der Waals surface area contributed by atoms with Gasteiger partial charge in [0.1, 0.15) is 12.1 Å². The van der Waals surface area contributed by atoms with Gasteiger partial charge in [0.15, 0.2) is 0 Å². The molecule has 6 nitrogen and oxygen atoms in total. The van der Waals surface area contributed by atoms with Gasteiger partial charge in [0, 0.05) is 27.3 Å². The van der Waals surface area contributed by atoms with Crippen molar-refractivity contribution in [1.29, 1.82) is 0 Å². The molecule has 2 aromatic rings. The van der Waals surface area contributed by atoms with Crippen LogP contribution in [0.3, 0.4) is 0 Å². The first-order valence-corrected chi connectivity index (χ1v) is 10.5. The molecule has 1 fully saturated rings. The third-order valence-electron chi connectivity index (χ3n) is 5.83. The average Bonchev–Trinajstić information content (AvgIpc) is 2.91. The largest absolute Gasteiger partial charge is 0.325 e. The van der Waals surface area contributed by atoms with E-state index < -0.39 is 17.5 Å².